The summed E-state index contributed by atoms with van der Waals surface area (Å²) in [6.45, 7) is 13.2. The third-order valence-electron chi connectivity index (χ3n) is 6.77. The molecule has 10 nitrogen and oxygen atoms in total. The Morgan fingerprint density at radius 2 is 1.97 bits per heavy atom. The number of aryl methyl sites for hydroxylation is 2. The molecule has 39 heavy (non-hydrogen) atoms. The number of aromatic nitrogens is 4. The SMILES string of the molecule is CCn1cc2c(N3CCC(C)(NC(=O)OC(C)(C)C)C3)ccc(C(=O)Nc3cc(F)c4nc(C)cn4c3)c2n1. The molecule has 2 N–H and O–H groups in total. The third-order valence-corrected chi connectivity index (χ3v) is 6.77. The van der Waals surface area contributed by atoms with Gasteiger partial charge in [0.1, 0.15) is 11.1 Å². The van der Waals surface area contributed by atoms with Crippen molar-refractivity contribution in [3.05, 3.63) is 53.9 Å². The van der Waals surface area contributed by atoms with E-state index < -0.39 is 23.1 Å². The molecule has 1 atom stereocenters. The van der Waals surface area contributed by atoms with Gasteiger partial charge >= 0.3 is 6.09 Å². The fourth-order valence-electron chi connectivity index (χ4n) is 5.02. The lowest BCUT2D eigenvalue weighted by atomic mass is 10.0. The van der Waals surface area contributed by atoms with Crippen LogP contribution in [-0.4, -0.2) is 55.4 Å². The van der Waals surface area contributed by atoms with Crippen molar-refractivity contribution >= 4 is 39.9 Å². The molecule has 1 aromatic carbocycles. The number of alkyl carbamates (subject to hydrolysis) is 1. The molecule has 0 bridgehead atoms. The van der Waals surface area contributed by atoms with E-state index >= 15 is 0 Å². The lowest BCUT2D eigenvalue weighted by Gasteiger charge is -2.29. The molecule has 1 unspecified atom stereocenters. The Balaban J connectivity index is 1.41. The molecule has 3 aromatic heterocycles. The number of nitrogens with zero attached hydrogens (tertiary/aromatic N) is 5. The number of hydrogen-bond donors (Lipinski definition) is 2. The summed E-state index contributed by atoms with van der Waals surface area (Å²) in [7, 11) is 0. The highest BCUT2D eigenvalue weighted by molar-refractivity contribution is 6.14. The number of hydrogen-bond acceptors (Lipinski definition) is 6. The summed E-state index contributed by atoms with van der Waals surface area (Å²) in [5.41, 5.74) is 2.02. The standard InChI is InChI=1S/C28H34FN7O3/c1-7-36-15-20-22(34-11-10-28(6,16-34)32-26(38)39-27(3,4)5)9-8-19(23(20)33-36)25(37)31-18-12-21(29)24-30-17(2)13-35(24)14-18/h8-9,12-15H,7,10-11,16H2,1-6H3,(H,31,37)(H,32,38). The Labute approximate surface area is 226 Å². The highest BCUT2D eigenvalue weighted by Gasteiger charge is 2.37. The topological polar surface area (TPSA) is 106 Å². The highest BCUT2D eigenvalue weighted by Crippen LogP contribution is 2.34. The maximum Gasteiger partial charge on any atom is 0.408 e. The Hall–Kier alpha value is -4.15. The average Bonchev–Trinajstić information content (AvgIpc) is 3.53. The van der Waals surface area contributed by atoms with Crippen LogP contribution in [0.15, 0.2) is 36.8 Å². The van der Waals surface area contributed by atoms with Crippen LogP contribution in [0.2, 0.25) is 0 Å². The first-order valence-corrected chi connectivity index (χ1v) is 13.1. The van der Waals surface area contributed by atoms with Crippen LogP contribution in [0.4, 0.5) is 20.6 Å². The van der Waals surface area contributed by atoms with Crippen LogP contribution in [0.25, 0.3) is 16.6 Å². The first-order chi connectivity index (χ1) is 18.3. The van der Waals surface area contributed by atoms with Crippen LogP contribution in [0, 0.1) is 12.7 Å². The number of amides is 2. The van der Waals surface area contributed by atoms with Gasteiger partial charge in [0.15, 0.2) is 11.5 Å². The van der Waals surface area contributed by atoms with Crippen LogP contribution in [-0.2, 0) is 11.3 Å². The van der Waals surface area contributed by atoms with E-state index in [0.717, 1.165) is 17.5 Å². The molecule has 2 amide bonds. The largest absolute Gasteiger partial charge is 0.444 e. The van der Waals surface area contributed by atoms with Crippen molar-refractivity contribution in [3.63, 3.8) is 0 Å². The number of nitrogens with one attached hydrogen (secondary N) is 2. The Bertz CT molecular complexity index is 1590. The van der Waals surface area contributed by atoms with Crippen molar-refractivity contribution in [2.75, 3.05) is 23.3 Å². The molecule has 206 valence electrons. The minimum Gasteiger partial charge on any atom is -0.444 e. The summed E-state index contributed by atoms with van der Waals surface area (Å²) < 4.78 is 23.4. The molecule has 11 heteroatoms. The number of ether oxygens (including phenoxy) is 1. The van der Waals surface area contributed by atoms with Gasteiger partial charge in [-0.25, -0.2) is 14.2 Å². The maximum atomic E-state index is 14.6. The molecule has 0 aliphatic carbocycles. The highest BCUT2D eigenvalue weighted by atomic mass is 19.1. The summed E-state index contributed by atoms with van der Waals surface area (Å²) >= 11 is 0. The molecule has 1 fully saturated rings. The first kappa shape index (κ1) is 26.5. The Morgan fingerprint density at radius 3 is 2.69 bits per heavy atom. The van der Waals surface area contributed by atoms with Gasteiger partial charge in [-0.2, -0.15) is 5.10 Å². The maximum absolute atomic E-state index is 14.6. The molecular weight excluding hydrogens is 501 g/mol. The van der Waals surface area contributed by atoms with Crippen molar-refractivity contribution in [1.29, 1.82) is 0 Å². The average molecular weight is 536 g/mol. The van der Waals surface area contributed by atoms with Crippen LogP contribution in [0.5, 0.6) is 0 Å². The molecule has 1 aliphatic heterocycles. The predicted octanol–water partition coefficient (Wildman–Crippen LogP) is 4.90. The van der Waals surface area contributed by atoms with Crippen molar-refractivity contribution in [1.82, 2.24) is 24.5 Å². The molecule has 1 aliphatic rings. The van der Waals surface area contributed by atoms with E-state index in [1.54, 1.807) is 34.5 Å². The summed E-state index contributed by atoms with van der Waals surface area (Å²) in [5.74, 6) is -0.907. The fourth-order valence-corrected chi connectivity index (χ4v) is 5.02. The van der Waals surface area contributed by atoms with Crippen LogP contribution in [0.3, 0.4) is 0 Å². The zero-order chi connectivity index (χ0) is 28.1. The van der Waals surface area contributed by atoms with Gasteiger partial charge in [-0.15, -0.1) is 0 Å². The van der Waals surface area contributed by atoms with Crippen LogP contribution >= 0.6 is 0 Å². The van der Waals surface area contributed by atoms with Gasteiger partial charge in [0.05, 0.1) is 22.5 Å². The second-order valence-electron chi connectivity index (χ2n) is 11.4. The van der Waals surface area contributed by atoms with Gasteiger partial charge in [-0.1, -0.05) is 0 Å². The number of carbonyl (C=O) groups excluding carboxylic acids is 2. The number of carbonyl (C=O) groups is 2. The van der Waals surface area contributed by atoms with Gasteiger partial charge < -0.3 is 24.7 Å². The van der Waals surface area contributed by atoms with E-state index in [0.29, 0.717) is 42.1 Å². The summed E-state index contributed by atoms with van der Waals surface area (Å²) in [5, 5.41) is 11.3. The molecule has 4 aromatic rings. The van der Waals surface area contributed by atoms with Crippen molar-refractivity contribution in [2.24, 2.45) is 0 Å². The third kappa shape index (κ3) is 5.39. The van der Waals surface area contributed by atoms with Gasteiger partial charge in [-0.05, 0) is 60.1 Å². The van der Waals surface area contributed by atoms with E-state index in [9.17, 15) is 14.0 Å². The minimum absolute atomic E-state index is 0.206. The van der Waals surface area contributed by atoms with Gasteiger partial charge in [-0.3, -0.25) is 9.48 Å². The lowest BCUT2D eigenvalue weighted by Crippen LogP contribution is -2.49. The molecule has 0 spiro atoms. The Kier molecular flexibility index (Phi) is 6.48. The number of rotatable bonds is 5. The summed E-state index contributed by atoms with van der Waals surface area (Å²) in [6.07, 6.45) is 5.56. The quantitative estimate of drug-likeness (QED) is 0.377. The smallest absolute Gasteiger partial charge is 0.408 e. The number of benzene rings is 1. The zero-order valence-corrected chi connectivity index (χ0v) is 23.1. The predicted molar refractivity (Wildman–Crippen MR) is 148 cm³/mol. The van der Waals surface area contributed by atoms with E-state index in [1.165, 1.54) is 6.07 Å². The van der Waals surface area contributed by atoms with Crippen LogP contribution < -0.4 is 15.5 Å². The normalized spacial score (nSPS) is 17.7. The van der Waals surface area contributed by atoms with Gasteiger partial charge in [0, 0.05) is 55.4 Å². The molecule has 0 radical (unpaired) electrons. The molecular formula is C28H34FN7O3. The monoisotopic (exact) mass is 535 g/mol. The van der Waals surface area contributed by atoms with E-state index in [4.69, 9.17) is 4.74 Å². The summed E-state index contributed by atoms with van der Waals surface area (Å²) in [6, 6.07) is 4.91. The zero-order valence-electron chi connectivity index (χ0n) is 23.1. The molecule has 5 rings (SSSR count). The summed E-state index contributed by atoms with van der Waals surface area (Å²) in [4.78, 5) is 32.2. The number of anilines is 2. The second kappa shape index (κ2) is 9.55. The van der Waals surface area contributed by atoms with Crippen LogP contribution in [0.1, 0.15) is 57.1 Å². The van der Waals surface area contributed by atoms with Crippen molar-refractivity contribution in [2.45, 2.75) is 65.6 Å². The van der Waals surface area contributed by atoms with E-state index in [-0.39, 0.29) is 11.6 Å². The fraction of sp³-hybridized carbons (Fsp3) is 0.429. The van der Waals surface area contributed by atoms with Crippen molar-refractivity contribution < 1.29 is 18.7 Å². The van der Waals surface area contributed by atoms with Gasteiger partial charge in [0.25, 0.3) is 5.91 Å². The lowest BCUT2D eigenvalue weighted by molar-refractivity contribution is 0.0473. The van der Waals surface area contributed by atoms with Crippen molar-refractivity contribution in [3.8, 4) is 0 Å². The second-order valence-corrected chi connectivity index (χ2v) is 11.4. The van der Waals surface area contributed by atoms with Gasteiger partial charge in [0.2, 0.25) is 0 Å². The minimum atomic E-state index is -0.578. The molecule has 0 saturated carbocycles. The van der Waals surface area contributed by atoms with E-state index in [2.05, 4.69) is 25.6 Å². The number of halogens is 1. The number of fused-ring (bicyclic) bond motifs is 2. The number of imidazole rings is 1. The van der Waals surface area contributed by atoms with E-state index in [1.807, 2.05) is 46.9 Å². The number of pyridine rings is 1. The first-order valence-electron chi connectivity index (χ1n) is 13.1. The molecule has 4 heterocycles. The molecule has 1 saturated heterocycles. The Morgan fingerprint density at radius 1 is 1.21 bits per heavy atom.